The summed E-state index contributed by atoms with van der Waals surface area (Å²) in [5.74, 6) is -2.27. The molecule has 0 radical (unpaired) electrons. The maximum absolute atomic E-state index is 13.0. The number of nitrogens with one attached hydrogen (secondary N) is 3. The SMILES string of the molecule is CN(C=O)[C@H]1CCCNC(=O)CC[C@@H](C(=O)O)CN[C@@H](CCc2ccccc2)C(=O)N1. The van der Waals surface area contributed by atoms with Gasteiger partial charge in [0.15, 0.2) is 0 Å². The molecular formula is C22H32N4O5. The molecule has 1 aromatic rings. The first-order valence-electron chi connectivity index (χ1n) is 10.6. The Morgan fingerprint density at radius 3 is 2.65 bits per heavy atom. The van der Waals surface area contributed by atoms with Crippen LogP contribution in [0.4, 0.5) is 0 Å². The van der Waals surface area contributed by atoms with Gasteiger partial charge in [-0.3, -0.25) is 19.2 Å². The van der Waals surface area contributed by atoms with E-state index in [0.29, 0.717) is 38.6 Å². The molecule has 1 aliphatic heterocycles. The van der Waals surface area contributed by atoms with Crippen LogP contribution in [-0.2, 0) is 25.6 Å². The molecule has 0 aliphatic carbocycles. The summed E-state index contributed by atoms with van der Waals surface area (Å²) in [5, 5.41) is 18.3. The van der Waals surface area contributed by atoms with E-state index in [1.165, 1.54) is 4.90 Å². The quantitative estimate of drug-likeness (QED) is 0.485. The highest BCUT2D eigenvalue weighted by Gasteiger charge is 2.26. The van der Waals surface area contributed by atoms with Crippen molar-refractivity contribution in [1.29, 1.82) is 0 Å². The van der Waals surface area contributed by atoms with Gasteiger partial charge in [-0.2, -0.15) is 0 Å². The molecule has 1 aromatic carbocycles. The number of aliphatic carboxylic acids is 1. The van der Waals surface area contributed by atoms with Crippen LogP contribution in [0.15, 0.2) is 30.3 Å². The fourth-order valence-electron chi connectivity index (χ4n) is 3.51. The summed E-state index contributed by atoms with van der Waals surface area (Å²) in [5.41, 5.74) is 1.07. The zero-order valence-electron chi connectivity index (χ0n) is 17.9. The smallest absolute Gasteiger partial charge is 0.307 e. The summed E-state index contributed by atoms with van der Waals surface area (Å²) < 4.78 is 0. The Labute approximate surface area is 182 Å². The van der Waals surface area contributed by atoms with E-state index >= 15 is 0 Å². The first kappa shape index (κ1) is 24.3. The molecule has 0 saturated carbocycles. The number of hydrogen-bond donors (Lipinski definition) is 4. The Balaban J connectivity index is 2.16. The second-order valence-corrected chi connectivity index (χ2v) is 7.85. The second kappa shape index (κ2) is 12.7. The van der Waals surface area contributed by atoms with Crippen LogP contribution in [0, 0.1) is 5.92 Å². The summed E-state index contributed by atoms with van der Waals surface area (Å²) in [7, 11) is 1.59. The molecule has 1 saturated heterocycles. The zero-order valence-corrected chi connectivity index (χ0v) is 17.9. The van der Waals surface area contributed by atoms with Gasteiger partial charge in [0.1, 0.15) is 6.17 Å². The summed E-state index contributed by atoms with van der Waals surface area (Å²) in [4.78, 5) is 49.3. The predicted octanol–water partition coefficient (Wildman–Crippen LogP) is 0.499. The first-order valence-corrected chi connectivity index (χ1v) is 10.6. The summed E-state index contributed by atoms with van der Waals surface area (Å²) >= 11 is 0. The molecule has 0 unspecified atom stereocenters. The number of rotatable bonds is 6. The van der Waals surface area contributed by atoms with Crippen molar-refractivity contribution < 1.29 is 24.3 Å². The number of amides is 3. The Morgan fingerprint density at radius 1 is 1.23 bits per heavy atom. The van der Waals surface area contributed by atoms with Gasteiger partial charge in [0, 0.05) is 26.6 Å². The molecule has 170 valence electrons. The lowest BCUT2D eigenvalue weighted by Gasteiger charge is -2.29. The van der Waals surface area contributed by atoms with E-state index in [1.54, 1.807) is 7.05 Å². The lowest BCUT2D eigenvalue weighted by Crippen LogP contribution is -2.53. The Bertz CT molecular complexity index is 743. The third kappa shape index (κ3) is 8.37. The Hall–Kier alpha value is -2.94. The van der Waals surface area contributed by atoms with E-state index < -0.39 is 24.1 Å². The standard InChI is InChI=1S/C22H32N4O5/c1-26(15-27)19-8-5-13-23-20(28)12-10-17(22(30)31)14-24-18(21(29)25-19)11-9-16-6-3-2-4-7-16/h2-4,6-7,15,17-19,24H,5,8-14H2,1H3,(H,23,28)(H,25,29)(H,30,31)/t17-,18+,19+/m1/s1. The van der Waals surface area contributed by atoms with Crippen molar-refractivity contribution in [2.24, 2.45) is 5.92 Å². The van der Waals surface area contributed by atoms with Crippen LogP contribution < -0.4 is 16.0 Å². The number of carbonyl (C=O) groups is 4. The van der Waals surface area contributed by atoms with Gasteiger partial charge in [-0.05, 0) is 37.7 Å². The third-order valence-electron chi connectivity index (χ3n) is 5.50. The molecule has 0 spiro atoms. The fraction of sp³-hybridized carbons (Fsp3) is 0.545. The topological polar surface area (TPSA) is 128 Å². The first-order chi connectivity index (χ1) is 14.9. The maximum atomic E-state index is 13.0. The van der Waals surface area contributed by atoms with Crippen LogP contribution in [0.2, 0.25) is 0 Å². The number of hydrogen-bond acceptors (Lipinski definition) is 5. The number of carboxylic acid groups (broad SMARTS) is 1. The molecule has 3 atom stereocenters. The van der Waals surface area contributed by atoms with Gasteiger partial charge in [-0.1, -0.05) is 30.3 Å². The average molecular weight is 433 g/mol. The van der Waals surface area contributed by atoms with Gasteiger partial charge in [0.2, 0.25) is 18.2 Å². The van der Waals surface area contributed by atoms with Gasteiger partial charge in [-0.15, -0.1) is 0 Å². The van der Waals surface area contributed by atoms with E-state index in [0.717, 1.165) is 5.56 Å². The van der Waals surface area contributed by atoms with Crippen molar-refractivity contribution in [2.45, 2.75) is 50.7 Å². The van der Waals surface area contributed by atoms with Crippen molar-refractivity contribution in [3.05, 3.63) is 35.9 Å². The van der Waals surface area contributed by atoms with Crippen molar-refractivity contribution in [3.8, 4) is 0 Å². The highest BCUT2D eigenvalue weighted by Crippen LogP contribution is 2.11. The fourth-order valence-corrected chi connectivity index (χ4v) is 3.51. The summed E-state index contributed by atoms with van der Waals surface area (Å²) in [6.07, 6.45) is 2.61. The van der Waals surface area contributed by atoms with Crippen molar-refractivity contribution in [1.82, 2.24) is 20.9 Å². The zero-order chi connectivity index (χ0) is 22.6. The van der Waals surface area contributed by atoms with Crippen molar-refractivity contribution in [2.75, 3.05) is 20.1 Å². The van der Waals surface area contributed by atoms with E-state index in [4.69, 9.17) is 0 Å². The molecule has 0 bridgehead atoms. The van der Waals surface area contributed by atoms with E-state index in [9.17, 15) is 24.3 Å². The largest absolute Gasteiger partial charge is 0.481 e. The average Bonchev–Trinajstić information content (AvgIpc) is 2.76. The van der Waals surface area contributed by atoms with Crippen LogP contribution in [0.25, 0.3) is 0 Å². The molecule has 2 rings (SSSR count). The number of carboxylic acids is 1. The summed E-state index contributed by atoms with van der Waals surface area (Å²) in [6, 6.07) is 9.10. The van der Waals surface area contributed by atoms with Crippen LogP contribution in [0.1, 0.15) is 37.7 Å². The third-order valence-corrected chi connectivity index (χ3v) is 5.50. The highest BCUT2D eigenvalue weighted by molar-refractivity contribution is 5.82. The number of nitrogens with zero attached hydrogens (tertiary/aromatic N) is 1. The summed E-state index contributed by atoms with van der Waals surface area (Å²) in [6.45, 7) is 0.467. The van der Waals surface area contributed by atoms with Crippen molar-refractivity contribution in [3.63, 3.8) is 0 Å². The number of aryl methyl sites for hydroxylation is 1. The van der Waals surface area contributed by atoms with Gasteiger partial charge in [0.25, 0.3) is 0 Å². The molecule has 9 heteroatoms. The molecule has 1 heterocycles. The molecule has 0 aromatic heterocycles. The lowest BCUT2D eigenvalue weighted by molar-refractivity contribution is -0.142. The normalized spacial score (nSPS) is 23.7. The van der Waals surface area contributed by atoms with Gasteiger partial charge < -0.3 is 26.0 Å². The molecule has 1 fully saturated rings. The molecule has 9 nitrogen and oxygen atoms in total. The van der Waals surface area contributed by atoms with E-state index in [2.05, 4.69) is 16.0 Å². The minimum atomic E-state index is -1.01. The van der Waals surface area contributed by atoms with Crippen molar-refractivity contribution >= 4 is 24.2 Å². The van der Waals surface area contributed by atoms with Gasteiger partial charge in [-0.25, -0.2) is 0 Å². The highest BCUT2D eigenvalue weighted by atomic mass is 16.4. The van der Waals surface area contributed by atoms with E-state index in [1.807, 2.05) is 30.3 Å². The molecular weight excluding hydrogens is 400 g/mol. The minimum absolute atomic E-state index is 0.0731. The second-order valence-electron chi connectivity index (χ2n) is 7.85. The van der Waals surface area contributed by atoms with Crippen LogP contribution in [-0.4, -0.2) is 66.5 Å². The number of benzene rings is 1. The molecule has 3 amide bonds. The Morgan fingerprint density at radius 2 is 1.97 bits per heavy atom. The maximum Gasteiger partial charge on any atom is 0.307 e. The molecule has 31 heavy (non-hydrogen) atoms. The van der Waals surface area contributed by atoms with E-state index in [-0.39, 0.29) is 31.2 Å². The van der Waals surface area contributed by atoms with Gasteiger partial charge in [0.05, 0.1) is 12.0 Å². The van der Waals surface area contributed by atoms with Crippen LogP contribution in [0.5, 0.6) is 0 Å². The minimum Gasteiger partial charge on any atom is -0.481 e. The monoisotopic (exact) mass is 432 g/mol. The Kier molecular flexibility index (Phi) is 9.96. The lowest BCUT2D eigenvalue weighted by atomic mass is 10.0. The number of carbonyl (C=O) groups excluding carboxylic acids is 3. The van der Waals surface area contributed by atoms with Crippen LogP contribution in [0.3, 0.4) is 0 Å². The van der Waals surface area contributed by atoms with Crippen LogP contribution >= 0.6 is 0 Å². The molecule has 1 aliphatic rings. The van der Waals surface area contributed by atoms with Gasteiger partial charge >= 0.3 is 5.97 Å². The predicted molar refractivity (Wildman–Crippen MR) is 115 cm³/mol. The molecule has 4 N–H and O–H groups in total.